The van der Waals surface area contributed by atoms with Crippen molar-refractivity contribution in [2.24, 2.45) is 10.2 Å². The second-order valence-corrected chi connectivity index (χ2v) is 6.70. The van der Waals surface area contributed by atoms with Crippen LogP contribution in [0.15, 0.2) is 52.7 Å². The molecule has 1 aromatic heterocycles. The van der Waals surface area contributed by atoms with E-state index in [4.69, 9.17) is 4.74 Å². The first-order valence-corrected chi connectivity index (χ1v) is 9.53. The number of azo groups is 1. The van der Waals surface area contributed by atoms with Crippen LogP contribution in [0, 0.1) is 0 Å². The molecule has 2 aromatic carbocycles. The van der Waals surface area contributed by atoms with Crippen LogP contribution in [0.25, 0.3) is 10.9 Å². The number of H-pyrrole nitrogens is 1. The Bertz CT molecular complexity index is 978. The number of carbonyl (C=O) groups is 1. The van der Waals surface area contributed by atoms with E-state index in [-0.39, 0.29) is 23.9 Å². The van der Waals surface area contributed by atoms with Crippen LogP contribution in [0.1, 0.15) is 37.3 Å². The summed E-state index contributed by atoms with van der Waals surface area (Å²) in [6.07, 6.45) is 4.27. The van der Waals surface area contributed by atoms with Crippen LogP contribution in [-0.4, -0.2) is 23.1 Å². The Balaban J connectivity index is 1.88. The molecular weight excluding hydrogens is 354 g/mol. The molecule has 0 spiro atoms. The van der Waals surface area contributed by atoms with E-state index in [1.807, 2.05) is 42.5 Å². The standard InChI is InChI=1S/C22H25N3O3/c1-3-4-6-11-16-18(28-2)13-12-17-20(16)23-22(27)21(17)25-24-19(26)14-15-9-7-5-8-10-15/h5,7-10,12-13,23,27H,3-4,6,11,14H2,1-2H3. The summed E-state index contributed by atoms with van der Waals surface area (Å²) in [4.78, 5) is 15.1. The average molecular weight is 379 g/mol. The molecule has 0 aliphatic heterocycles. The van der Waals surface area contributed by atoms with Gasteiger partial charge >= 0.3 is 0 Å². The number of benzene rings is 2. The Morgan fingerprint density at radius 2 is 1.93 bits per heavy atom. The maximum atomic E-state index is 12.1. The van der Waals surface area contributed by atoms with E-state index in [0.717, 1.165) is 53.5 Å². The number of carbonyl (C=O) groups excluding carboxylic acids is 1. The Labute approximate surface area is 164 Å². The monoisotopic (exact) mass is 379 g/mol. The highest BCUT2D eigenvalue weighted by Crippen LogP contribution is 2.40. The summed E-state index contributed by atoms with van der Waals surface area (Å²) >= 11 is 0. The van der Waals surface area contributed by atoms with E-state index in [2.05, 4.69) is 22.1 Å². The number of hydrogen-bond donors (Lipinski definition) is 2. The minimum Gasteiger partial charge on any atom is -0.496 e. The van der Waals surface area contributed by atoms with Crippen molar-refractivity contribution in [1.29, 1.82) is 0 Å². The van der Waals surface area contributed by atoms with Gasteiger partial charge in [-0.1, -0.05) is 50.1 Å². The average Bonchev–Trinajstić information content (AvgIpc) is 3.03. The number of hydrogen-bond acceptors (Lipinski definition) is 4. The molecule has 1 amide bonds. The van der Waals surface area contributed by atoms with Gasteiger partial charge in [-0.25, -0.2) is 0 Å². The lowest BCUT2D eigenvalue weighted by molar-refractivity contribution is -0.117. The predicted octanol–water partition coefficient (Wildman–Crippen LogP) is 5.47. The molecular formula is C22H25N3O3. The first-order chi connectivity index (χ1) is 13.6. The van der Waals surface area contributed by atoms with Crippen LogP contribution in [-0.2, 0) is 17.6 Å². The van der Waals surface area contributed by atoms with E-state index in [9.17, 15) is 9.90 Å². The third kappa shape index (κ3) is 4.39. The van der Waals surface area contributed by atoms with E-state index in [1.54, 1.807) is 7.11 Å². The lowest BCUT2D eigenvalue weighted by Crippen LogP contribution is -1.97. The van der Waals surface area contributed by atoms with Crippen LogP contribution < -0.4 is 4.74 Å². The molecule has 0 fully saturated rings. The molecule has 6 nitrogen and oxygen atoms in total. The molecule has 28 heavy (non-hydrogen) atoms. The van der Waals surface area contributed by atoms with Crippen molar-refractivity contribution in [2.45, 2.75) is 39.0 Å². The molecule has 3 rings (SSSR count). The zero-order valence-corrected chi connectivity index (χ0v) is 16.2. The van der Waals surface area contributed by atoms with E-state index >= 15 is 0 Å². The summed E-state index contributed by atoms with van der Waals surface area (Å²) in [7, 11) is 1.64. The van der Waals surface area contributed by atoms with Crippen LogP contribution in [0.2, 0.25) is 0 Å². The van der Waals surface area contributed by atoms with Gasteiger partial charge in [-0.3, -0.25) is 4.79 Å². The summed E-state index contributed by atoms with van der Waals surface area (Å²) in [5.74, 6) is 0.307. The molecule has 0 aliphatic carbocycles. The molecule has 0 atom stereocenters. The maximum absolute atomic E-state index is 12.1. The summed E-state index contributed by atoms with van der Waals surface area (Å²) in [6, 6.07) is 13.1. The third-order valence-corrected chi connectivity index (χ3v) is 4.70. The molecule has 1 heterocycles. The fraction of sp³-hybridized carbons (Fsp3) is 0.318. The van der Waals surface area contributed by atoms with Crippen LogP contribution >= 0.6 is 0 Å². The molecule has 0 unspecified atom stereocenters. The molecule has 0 radical (unpaired) electrons. The highest BCUT2D eigenvalue weighted by Gasteiger charge is 2.17. The van der Waals surface area contributed by atoms with Gasteiger partial charge in [0.2, 0.25) is 5.88 Å². The van der Waals surface area contributed by atoms with Crippen molar-refractivity contribution in [3.05, 3.63) is 53.6 Å². The number of aromatic hydroxyl groups is 1. The number of amides is 1. The zero-order valence-electron chi connectivity index (χ0n) is 16.2. The van der Waals surface area contributed by atoms with Crippen molar-refractivity contribution in [3.8, 4) is 11.6 Å². The number of aryl methyl sites for hydroxylation is 1. The maximum Gasteiger partial charge on any atom is 0.269 e. The van der Waals surface area contributed by atoms with Crippen LogP contribution in [0.5, 0.6) is 11.6 Å². The Hall–Kier alpha value is -3.15. The molecule has 6 heteroatoms. The van der Waals surface area contributed by atoms with Crippen molar-refractivity contribution < 1.29 is 14.6 Å². The van der Waals surface area contributed by atoms with Gasteiger partial charge in [0, 0.05) is 10.9 Å². The van der Waals surface area contributed by atoms with Gasteiger partial charge in [-0.15, -0.1) is 10.2 Å². The lowest BCUT2D eigenvalue weighted by Gasteiger charge is -2.09. The van der Waals surface area contributed by atoms with Gasteiger partial charge < -0.3 is 14.8 Å². The van der Waals surface area contributed by atoms with E-state index in [0.29, 0.717) is 0 Å². The second kappa shape index (κ2) is 9.17. The quantitative estimate of drug-likeness (QED) is 0.402. The van der Waals surface area contributed by atoms with Crippen molar-refractivity contribution >= 4 is 22.5 Å². The van der Waals surface area contributed by atoms with Crippen molar-refractivity contribution in [2.75, 3.05) is 7.11 Å². The van der Waals surface area contributed by atoms with E-state index < -0.39 is 0 Å². The van der Waals surface area contributed by atoms with E-state index in [1.165, 1.54) is 0 Å². The number of fused-ring (bicyclic) bond motifs is 1. The van der Waals surface area contributed by atoms with Crippen molar-refractivity contribution in [3.63, 3.8) is 0 Å². The van der Waals surface area contributed by atoms with Gasteiger partial charge in [0.1, 0.15) is 5.75 Å². The highest BCUT2D eigenvalue weighted by atomic mass is 16.5. The fourth-order valence-corrected chi connectivity index (χ4v) is 3.28. The first kappa shape index (κ1) is 19.6. The van der Waals surface area contributed by atoms with Gasteiger partial charge in [0.25, 0.3) is 5.91 Å². The summed E-state index contributed by atoms with van der Waals surface area (Å²) in [6.45, 7) is 2.16. The predicted molar refractivity (Wildman–Crippen MR) is 109 cm³/mol. The fourth-order valence-electron chi connectivity index (χ4n) is 3.28. The first-order valence-electron chi connectivity index (χ1n) is 9.53. The minimum absolute atomic E-state index is 0.101. The molecule has 2 N–H and O–H groups in total. The van der Waals surface area contributed by atoms with Crippen molar-refractivity contribution in [1.82, 2.24) is 4.98 Å². The molecule has 0 saturated carbocycles. The number of unbranched alkanes of at least 4 members (excludes halogenated alkanes) is 2. The molecule has 3 aromatic rings. The second-order valence-electron chi connectivity index (χ2n) is 6.70. The zero-order chi connectivity index (χ0) is 19.9. The minimum atomic E-state index is -0.364. The lowest BCUT2D eigenvalue weighted by atomic mass is 10.0. The number of nitrogens with zero attached hydrogens (tertiary/aromatic N) is 2. The Morgan fingerprint density at radius 1 is 1.14 bits per heavy atom. The van der Waals surface area contributed by atoms with Crippen LogP contribution in [0.4, 0.5) is 5.69 Å². The van der Waals surface area contributed by atoms with Crippen LogP contribution in [0.3, 0.4) is 0 Å². The normalized spacial score (nSPS) is 11.4. The molecule has 146 valence electrons. The Kier molecular flexibility index (Phi) is 6.42. The smallest absolute Gasteiger partial charge is 0.269 e. The number of aromatic amines is 1. The number of rotatable bonds is 8. The summed E-state index contributed by atoms with van der Waals surface area (Å²) in [5.41, 5.74) is 2.92. The molecule has 0 saturated heterocycles. The number of nitrogens with one attached hydrogen (secondary N) is 1. The highest BCUT2D eigenvalue weighted by molar-refractivity contribution is 5.97. The molecule has 0 bridgehead atoms. The number of ether oxygens (including phenoxy) is 1. The van der Waals surface area contributed by atoms with Gasteiger partial charge in [-0.05, 0) is 30.5 Å². The summed E-state index contributed by atoms with van der Waals surface area (Å²) < 4.78 is 5.49. The molecule has 0 aliphatic rings. The number of aromatic nitrogens is 1. The largest absolute Gasteiger partial charge is 0.496 e. The SMILES string of the molecule is CCCCCc1c(OC)ccc2c(N=NC(=O)Cc3ccccc3)c(O)[nH]c12. The topological polar surface area (TPSA) is 87.0 Å². The van der Waals surface area contributed by atoms with Gasteiger partial charge in [-0.2, -0.15) is 0 Å². The van der Waals surface area contributed by atoms with Gasteiger partial charge in [0.05, 0.1) is 19.0 Å². The summed E-state index contributed by atoms with van der Waals surface area (Å²) in [5, 5.41) is 18.9. The third-order valence-electron chi connectivity index (χ3n) is 4.70. The van der Waals surface area contributed by atoms with Gasteiger partial charge in [0.15, 0.2) is 5.69 Å². The Morgan fingerprint density at radius 3 is 2.64 bits per heavy atom. The number of methoxy groups -OCH3 is 1.